The van der Waals surface area contributed by atoms with E-state index in [2.05, 4.69) is 10.2 Å². The van der Waals surface area contributed by atoms with Crippen LogP contribution in [-0.2, 0) is 18.9 Å². The lowest BCUT2D eigenvalue weighted by Gasteiger charge is -2.35. The maximum atomic E-state index is 5.57. The number of likely N-dealkylation sites (N-methyl/N-ethyl adjacent to an activating group) is 1. The molecule has 1 heterocycles. The average Bonchev–Trinajstić information content (AvgIpc) is 2.44. The number of nitrogens with one attached hydrogen (secondary N) is 1. The van der Waals surface area contributed by atoms with Gasteiger partial charge in [0.25, 0.3) is 0 Å². The van der Waals surface area contributed by atoms with Crippen LogP contribution in [0.3, 0.4) is 0 Å². The first-order valence-electron chi connectivity index (χ1n) is 6.99. The highest BCUT2D eigenvalue weighted by molar-refractivity contribution is 4.76. The van der Waals surface area contributed by atoms with Gasteiger partial charge in [-0.05, 0) is 7.05 Å². The van der Waals surface area contributed by atoms with Gasteiger partial charge in [-0.25, -0.2) is 0 Å². The van der Waals surface area contributed by atoms with Gasteiger partial charge in [0.2, 0.25) is 0 Å². The van der Waals surface area contributed by atoms with Crippen LogP contribution in [0.1, 0.15) is 0 Å². The third-order valence-corrected chi connectivity index (χ3v) is 3.12. The zero-order valence-corrected chi connectivity index (χ0v) is 12.2. The van der Waals surface area contributed by atoms with Crippen LogP contribution in [0.25, 0.3) is 0 Å². The van der Waals surface area contributed by atoms with Crippen molar-refractivity contribution >= 4 is 0 Å². The molecule has 1 unspecified atom stereocenters. The Balaban J connectivity index is 1.97. The fourth-order valence-electron chi connectivity index (χ4n) is 2.05. The van der Waals surface area contributed by atoms with Crippen LogP contribution in [0.15, 0.2) is 0 Å². The first kappa shape index (κ1) is 16.8. The van der Waals surface area contributed by atoms with Crippen LogP contribution in [0.5, 0.6) is 0 Å². The summed E-state index contributed by atoms with van der Waals surface area (Å²) in [4.78, 5) is 2.42. The summed E-state index contributed by atoms with van der Waals surface area (Å²) >= 11 is 0. The first-order valence-corrected chi connectivity index (χ1v) is 6.99. The van der Waals surface area contributed by atoms with Gasteiger partial charge in [0.15, 0.2) is 0 Å². The molecule has 0 amide bonds. The van der Waals surface area contributed by atoms with E-state index in [0.29, 0.717) is 32.5 Å². The molecule has 114 valence electrons. The molecule has 19 heavy (non-hydrogen) atoms. The van der Waals surface area contributed by atoms with Crippen molar-refractivity contribution in [3.05, 3.63) is 0 Å². The molecule has 0 bridgehead atoms. The molecule has 1 aliphatic heterocycles. The lowest BCUT2D eigenvalue weighted by atomic mass is 10.2. The lowest BCUT2D eigenvalue weighted by Crippen LogP contribution is -2.50. The highest BCUT2D eigenvalue weighted by Crippen LogP contribution is 2.05. The second-order valence-electron chi connectivity index (χ2n) is 4.54. The smallest absolute Gasteiger partial charge is 0.0701 e. The van der Waals surface area contributed by atoms with E-state index in [1.54, 1.807) is 7.11 Å². The summed E-state index contributed by atoms with van der Waals surface area (Å²) in [5.74, 6) is 0. The molecule has 1 saturated heterocycles. The summed E-state index contributed by atoms with van der Waals surface area (Å²) in [5.41, 5.74) is 0. The zero-order chi connectivity index (χ0) is 13.8. The van der Waals surface area contributed by atoms with E-state index < -0.39 is 0 Å². The Morgan fingerprint density at radius 3 is 2.63 bits per heavy atom. The maximum absolute atomic E-state index is 5.57. The number of hydrogen-bond acceptors (Lipinski definition) is 6. The molecule has 1 atom stereocenters. The van der Waals surface area contributed by atoms with Crippen molar-refractivity contribution in [2.24, 2.45) is 0 Å². The van der Waals surface area contributed by atoms with Gasteiger partial charge < -0.3 is 24.3 Å². The molecule has 0 aromatic carbocycles. The Morgan fingerprint density at radius 1 is 1.16 bits per heavy atom. The van der Waals surface area contributed by atoms with Crippen LogP contribution < -0.4 is 5.32 Å². The zero-order valence-electron chi connectivity index (χ0n) is 12.2. The summed E-state index contributed by atoms with van der Waals surface area (Å²) in [6, 6.07) is 0.459. The van der Waals surface area contributed by atoms with Gasteiger partial charge in [0, 0.05) is 32.8 Å². The molecule has 0 saturated carbocycles. The molecule has 0 aromatic rings. The minimum Gasteiger partial charge on any atom is -0.382 e. The predicted octanol–water partition coefficient (Wildman–Crippen LogP) is -0.414. The van der Waals surface area contributed by atoms with Crippen LogP contribution in [0.4, 0.5) is 0 Å². The Bertz CT molecular complexity index is 205. The number of rotatable bonds is 11. The summed E-state index contributed by atoms with van der Waals surface area (Å²) < 4.78 is 21.3. The predicted molar refractivity (Wildman–Crippen MR) is 73.6 cm³/mol. The average molecular weight is 276 g/mol. The largest absolute Gasteiger partial charge is 0.382 e. The summed E-state index contributed by atoms with van der Waals surface area (Å²) in [5, 5.41) is 3.20. The van der Waals surface area contributed by atoms with E-state index in [1.165, 1.54) is 0 Å². The van der Waals surface area contributed by atoms with Crippen LogP contribution in [-0.4, -0.2) is 91.0 Å². The summed E-state index contributed by atoms with van der Waals surface area (Å²) in [7, 11) is 3.64. The highest BCUT2D eigenvalue weighted by atomic mass is 16.5. The van der Waals surface area contributed by atoms with Gasteiger partial charge in [-0.15, -0.1) is 0 Å². The van der Waals surface area contributed by atoms with E-state index >= 15 is 0 Å². The van der Waals surface area contributed by atoms with E-state index in [0.717, 1.165) is 39.5 Å². The number of methoxy groups -OCH3 is 1. The second-order valence-corrected chi connectivity index (χ2v) is 4.54. The molecule has 1 aliphatic rings. The van der Waals surface area contributed by atoms with Crippen molar-refractivity contribution in [2.75, 3.05) is 80.0 Å². The van der Waals surface area contributed by atoms with Gasteiger partial charge in [-0.1, -0.05) is 0 Å². The van der Waals surface area contributed by atoms with Crippen molar-refractivity contribution in [3.63, 3.8) is 0 Å². The van der Waals surface area contributed by atoms with Crippen molar-refractivity contribution in [3.8, 4) is 0 Å². The third-order valence-electron chi connectivity index (χ3n) is 3.12. The second kappa shape index (κ2) is 11.6. The fourth-order valence-corrected chi connectivity index (χ4v) is 2.05. The maximum Gasteiger partial charge on any atom is 0.0701 e. The van der Waals surface area contributed by atoms with Gasteiger partial charge in [0.1, 0.15) is 0 Å². The highest BCUT2D eigenvalue weighted by Gasteiger charge is 2.21. The van der Waals surface area contributed by atoms with Crippen molar-refractivity contribution in [2.45, 2.75) is 6.04 Å². The Kier molecular flexibility index (Phi) is 10.2. The van der Waals surface area contributed by atoms with Gasteiger partial charge in [-0.2, -0.15) is 0 Å². The Hall–Kier alpha value is -0.240. The van der Waals surface area contributed by atoms with Crippen molar-refractivity contribution < 1.29 is 18.9 Å². The molecule has 0 aromatic heterocycles. The van der Waals surface area contributed by atoms with Gasteiger partial charge in [-0.3, -0.25) is 4.90 Å². The third kappa shape index (κ3) is 7.81. The van der Waals surface area contributed by atoms with Crippen LogP contribution in [0.2, 0.25) is 0 Å². The molecular weight excluding hydrogens is 248 g/mol. The minimum atomic E-state index is 0.459. The summed E-state index contributed by atoms with van der Waals surface area (Å²) in [6.07, 6.45) is 0. The molecule has 1 rings (SSSR count). The van der Waals surface area contributed by atoms with E-state index in [1.807, 2.05) is 7.05 Å². The first-order chi connectivity index (χ1) is 9.38. The van der Waals surface area contributed by atoms with Crippen molar-refractivity contribution in [1.82, 2.24) is 10.2 Å². The van der Waals surface area contributed by atoms with E-state index in [-0.39, 0.29) is 0 Å². The van der Waals surface area contributed by atoms with Crippen molar-refractivity contribution in [1.29, 1.82) is 0 Å². The quantitative estimate of drug-likeness (QED) is 0.518. The monoisotopic (exact) mass is 276 g/mol. The van der Waals surface area contributed by atoms with Crippen LogP contribution in [0, 0.1) is 0 Å². The number of ether oxygens (including phenoxy) is 4. The van der Waals surface area contributed by atoms with Gasteiger partial charge >= 0.3 is 0 Å². The lowest BCUT2D eigenvalue weighted by molar-refractivity contribution is -0.0257. The standard InChI is InChI=1S/C13H28N2O4/c1-14-11-13-12-19-6-4-15(13)3-5-17-9-10-18-8-7-16-2/h13-14H,3-12H2,1-2H3. The van der Waals surface area contributed by atoms with Crippen LogP contribution >= 0.6 is 0 Å². The molecule has 1 fully saturated rings. The number of morpholine rings is 1. The Labute approximate surface area is 116 Å². The number of nitrogens with zero attached hydrogens (tertiary/aromatic N) is 1. The van der Waals surface area contributed by atoms with Gasteiger partial charge in [0.05, 0.1) is 46.2 Å². The van der Waals surface area contributed by atoms with E-state index in [9.17, 15) is 0 Å². The number of hydrogen-bond donors (Lipinski definition) is 1. The molecule has 0 spiro atoms. The molecular formula is C13H28N2O4. The normalized spacial score (nSPS) is 20.8. The Morgan fingerprint density at radius 2 is 1.89 bits per heavy atom. The molecule has 0 radical (unpaired) electrons. The minimum absolute atomic E-state index is 0.459. The molecule has 1 N–H and O–H groups in total. The van der Waals surface area contributed by atoms with E-state index in [4.69, 9.17) is 18.9 Å². The molecule has 6 heteroatoms. The fraction of sp³-hybridized carbons (Fsp3) is 1.00. The molecule has 0 aliphatic carbocycles. The molecule has 6 nitrogen and oxygen atoms in total. The SMILES string of the molecule is CNCC1COCCN1CCOCCOCCOC. The topological polar surface area (TPSA) is 52.2 Å². The summed E-state index contributed by atoms with van der Waals surface area (Å²) in [6.45, 7) is 7.81.